The zero-order valence-corrected chi connectivity index (χ0v) is 21.5. The molecule has 0 aromatic heterocycles. The minimum atomic E-state index is -4.10. The number of halogens is 1. The van der Waals surface area contributed by atoms with Crippen molar-refractivity contribution in [1.29, 1.82) is 0 Å². The predicted molar refractivity (Wildman–Crippen MR) is 139 cm³/mol. The quantitative estimate of drug-likeness (QED) is 0.295. The van der Waals surface area contributed by atoms with E-state index in [1.807, 2.05) is 6.92 Å². The summed E-state index contributed by atoms with van der Waals surface area (Å²) in [5.41, 5.74) is 3.21. The average molecular weight is 532 g/mol. The predicted octanol–water partition coefficient (Wildman–Crippen LogP) is 4.10. The molecule has 190 valence electrons. The average Bonchev–Trinajstić information content (AvgIpc) is 2.88. The zero-order chi connectivity index (χ0) is 26.1. The van der Waals surface area contributed by atoms with E-state index in [0.717, 1.165) is 4.31 Å². The minimum Gasteiger partial charge on any atom is -0.497 e. The largest absolute Gasteiger partial charge is 0.497 e. The molecule has 0 atom stereocenters. The van der Waals surface area contributed by atoms with E-state index in [-0.39, 0.29) is 10.6 Å². The number of methoxy groups -OCH3 is 2. The summed E-state index contributed by atoms with van der Waals surface area (Å²) >= 11 is 5.92. The number of carbonyl (C=O) groups excluding carboxylic acids is 1. The van der Waals surface area contributed by atoms with Crippen molar-refractivity contribution in [3.63, 3.8) is 0 Å². The minimum absolute atomic E-state index is 0.0156. The Balaban J connectivity index is 1.85. The van der Waals surface area contributed by atoms with E-state index in [2.05, 4.69) is 10.5 Å². The van der Waals surface area contributed by atoms with Crippen molar-refractivity contribution in [2.24, 2.45) is 5.10 Å². The third-order valence-corrected chi connectivity index (χ3v) is 6.99. The summed E-state index contributed by atoms with van der Waals surface area (Å²) in [6.07, 6.45) is 1.38. The molecule has 3 aromatic rings. The Kier molecular flexibility index (Phi) is 9.15. The summed E-state index contributed by atoms with van der Waals surface area (Å²) in [7, 11) is -1.07. The maximum Gasteiger partial charge on any atom is 0.264 e. The number of ether oxygens (including phenoxy) is 3. The lowest BCUT2D eigenvalue weighted by molar-refractivity contribution is -0.119. The maximum absolute atomic E-state index is 13.4. The van der Waals surface area contributed by atoms with E-state index in [0.29, 0.717) is 34.4 Å². The maximum atomic E-state index is 13.4. The summed E-state index contributed by atoms with van der Waals surface area (Å²) in [4.78, 5) is 12.7. The van der Waals surface area contributed by atoms with Crippen molar-refractivity contribution in [2.45, 2.75) is 11.8 Å². The number of anilines is 1. The zero-order valence-electron chi connectivity index (χ0n) is 20.0. The van der Waals surface area contributed by atoms with Gasteiger partial charge in [0.25, 0.3) is 15.9 Å². The molecule has 0 heterocycles. The van der Waals surface area contributed by atoms with Crippen LogP contribution in [0.2, 0.25) is 5.02 Å². The van der Waals surface area contributed by atoms with Crippen molar-refractivity contribution in [3.8, 4) is 17.2 Å². The molecule has 0 radical (unpaired) electrons. The third-order valence-electron chi connectivity index (χ3n) is 4.95. The molecule has 36 heavy (non-hydrogen) atoms. The Morgan fingerprint density at radius 2 is 1.67 bits per heavy atom. The number of rotatable bonds is 11. The smallest absolute Gasteiger partial charge is 0.264 e. The van der Waals surface area contributed by atoms with Gasteiger partial charge in [-0.05, 0) is 73.7 Å². The summed E-state index contributed by atoms with van der Waals surface area (Å²) in [6, 6.07) is 17.2. The van der Waals surface area contributed by atoms with Gasteiger partial charge in [-0.2, -0.15) is 5.10 Å². The van der Waals surface area contributed by atoms with E-state index < -0.39 is 22.5 Å². The lowest BCUT2D eigenvalue weighted by atomic mass is 10.2. The number of benzene rings is 3. The van der Waals surface area contributed by atoms with E-state index in [1.165, 1.54) is 44.7 Å². The number of hydrazone groups is 1. The van der Waals surface area contributed by atoms with E-state index >= 15 is 0 Å². The molecule has 0 fully saturated rings. The molecule has 1 N–H and O–H groups in total. The van der Waals surface area contributed by atoms with Crippen LogP contribution >= 0.6 is 11.6 Å². The molecule has 0 bridgehead atoms. The van der Waals surface area contributed by atoms with Crippen LogP contribution in [0.4, 0.5) is 5.69 Å². The highest BCUT2D eigenvalue weighted by atomic mass is 35.5. The van der Waals surface area contributed by atoms with Gasteiger partial charge in [0, 0.05) is 10.6 Å². The van der Waals surface area contributed by atoms with Crippen LogP contribution < -0.4 is 23.9 Å². The second-order valence-corrected chi connectivity index (χ2v) is 9.59. The monoisotopic (exact) mass is 531 g/mol. The normalized spacial score (nSPS) is 11.2. The summed E-state index contributed by atoms with van der Waals surface area (Å²) < 4.78 is 43.8. The van der Waals surface area contributed by atoms with Gasteiger partial charge in [0.1, 0.15) is 23.8 Å². The van der Waals surface area contributed by atoms with Gasteiger partial charge in [-0.1, -0.05) is 11.6 Å². The summed E-state index contributed by atoms with van der Waals surface area (Å²) in [6.45, 7) is 1.79. The van der Waals surface area contributed by atoms with Crippen LogP contribution in [0.1, 0.15) is 12.5 Å². The molecule has 3 rings (SSSR count). The van der Waals surface area contributed by atoms with Gasteiger partial charge in [0.2, 0.25) is 0 Å². The van der Waals surface area contributed by atoms with Gasteiger partial charge in [0.05, 0.1) is 37.6 Å². The summed E-state index contributed by atoms with van der Waals surface area (Å²) in [5, 5.41) is 4.35. The van der Waals surface area contributed by atoms with Gasteiger partial charge in [0.15, 0.2) is 0 Å². The molecule has 0 aliphatic carbocycles. The van der Waals surface area contributed by atoms with Crippen LogP contribution in [0.15, 0.2) is 76.7 Å². The first-order chi connectivity index (χ1) is 17.3. The number of nitrogens with zero attached hydrogens (tertiary/aromatic N) is 2. The fraction of sp³-hybridized carbons (Fsp3) is 0.200. The van der Waals surface area contributed by atoms with Crippen molar-refractivity contribution < 1.29 is 27.4 Å². The van der Waals surface area contributed by atoms with E-state index in [9.17, 15) is 13.2 Å². The number of hydrogen-bond donors (Lipinski definition) is 1. The molecule has 11 heteroatoms. The Hall–Kier alpha value is -3.76. The summed E-state index contributed by atoms with van der Waals surface area (Å²) in [5.74, 6) is 1.03. The van der Waals surface area contributed by atoms with Crippen LogP contribution in [0.25, 0.3) is 0 Å². The standard InChI is InChI=1S/C25H26ClN3O6S/c1-4-35-21-9-7-20(8-10-21)29(36(31,32)23-12-5-19(26)6-13-23)17-25(30)28-27-16-18-15-22(33-2)11-14-24(18)34-3/h5-16H,4,17H2,1-3H3,(H,28,30)/b27-16-. The topological polar surface area (TPSA) is 107 Å². The number of sulfonamides is 1. The molecular formula is C25H26ClN3O6S. The van der Waals surface area contributed by atoms with E-state index in [1.54, 1.807) is 42.5 Å². The molecule has 0 saturated carbocycles. The molecule has 0 spiro atoms. The fourth-order valence-electron chi connectivity index (χ4n) is 3.20. The van der Waals surface area contributed by atoms with Crippen molar-refractivity contribution in [1.82, 2.24) is 5.43 Å². The first-order valence-corrected chi connectivity index (χ1v) is 12.7. The highest BCUT2D eigenvalue weighted by Gasteiger charge is 2.27. The van der Waals surface area contributed by atoms with Crippen LogP contribution in [-0.4, -0.2) is 47.9 Å². The number of hydrogen-bond acceptors (Lipinski definition) is 7. The lowest BCUT2D eigenvalue weighted by Crippen LogP contribution is -2.39. The van der Waals surface area contributed by atoms with Gasteiger partial charge >= 0.3 is 0 Å². The molecule has 0 unspecified atom stereocenters. The molecule has 0 saturated heterocycles. The first kappa shape index (κ1) is 26.8. The molecule has 1 amide bonds. The number of amides is 1. The molecule has 9 nitrogen and oxygen atoms in total. The lowest BCUT2D eigenvalue weighted by Gasteiger charge is -2.24. The van der Waals surface area contributed by atoms with Crippen molar-refractivity contribution in [2.75, 3.05) is 31.7 Å². The second kappa shape index (κ2) is 12.3. The van der Waals surface area contributed by atoms with Crippen molar-refractivity contribution in [3.05, 3.63) is 77.3 Å². The van der Waals surface area contributed by atoms with Crippen LogP contribution in [0.5, 0.6) is 17.2 Å². The second-order valence-electron chi connectivity index (χ2n) is 7.29. The Bertz CT molecular complexity index is 1310. The third kappa shape index (κ3) is 6.67. The van der Waals surface area contributed by atoms with Crippen LogP contribution in [0.3, 0.4) is 0 Å². The molecule has 3 aromatic carbocycles. The van der Waals surface area contributed by atoms with Gasteiger partial charge in [-0.25, -0.2) is 13.8 Å². The molecule has 0 aliphatic heterocycles. The fourth-order valence-corrected chi connectivity index (χ4v) is 4.75. The van der Waals surface area contributed by atoms with Crippen LogP contribution in [-0.2, 0) is 14.8 Å². The Morgan fingerprint density at radius 3 is 2.28 bits per heavy atom. The first-order valence-electron chi connectivity index (χ1n) is 10.8. The highest BCUT2D eigenvalue weighted by Crippen LogP contribution is 2.27. The van der Waals surface area contributed by atoms with Gasteiger partial charge in [-0.3, -0.25) is 9.10 Å². The highest BCUT2D eigenvalue weighted by molar-refractivity contribution is 7.92. The van der Waals surface area contributed by atoms with Gasteiger partial charge in [-0.15, -0.1) is 0 Å². The van der Waals surface area contributed by atoms with Crippen molar-refractivity contribution >= 4 is 39.4 Å². The molecule has 0 aliphatic rings. The number of carbonyl (C=O) groups is 1. The Morgan fingerprint density at radius 1 is 1.00 bits per heavy atom. The number of nitrogens with one attached hydrogen (secondary N) is 1. The van der Waals surface area contributed by atoms with E-state index in [4.69, 9.17) is 25.8 Å². The SMILES string of the molecule is CCOc1ccc(N(CC(=O)N/N=C\c2cc(OC)ccc2OC)S(=O)(=O)c2ccc(Cl)cc2)cc1. The molecular weight excluding hydrogens is 506 g/mol. The van der Waals surface area contributed by atoms with Gasteiger partial charge < -0.3 is 14.2 Å². The Labute approximate surface area is 215 Å². The van der Waals surface area contributed by atoms with Crippen LogP contribution in [0, 0.1) is 0 Å².